The first-order valence-electron chi connectivity index (χ1n) is 6.51. The summed E-state index contributed by atoms with van der Waals surface area (Å²) in [6.45, 7) is 2.00. The Kier molecular flexibility index (Phi) is 4.75. The van der Waals surface area contributed by atoms with Crippen LogP contribution in [0.5, 0.6) is 5.75 Å². The van der Waals surface area contributed by atoms with Crippen molar-refractivity contribution in [3.05, 3.63) is 59.4 Å². The molecule has 110 valence electrons. The lowest BCUT2D eigenvalue weighted by Crippen LogP contribution is -2.12. The third-order valence-electron chi connectivity index (χ3n) is 3.23. The molecule has 3 N–H and O–H groups in total. The largest absolute Gasteiger partial charge is 0.497 e. The van der Waals surface area contributed by atoms with Crippen LogP contribution in [-0.4, -0.2) is 12.1 Å². The Hall–Kier alpha value is -2.14. The molecule has 0 aromatic heterocycles. The van der Waals surface area contributed by atoms with Gasteiger partial charge in [0.2, 0.25) is 0 Å². The minimum Gasteiger partial charge on any atom is -0.497 e. The summed E-state index contributed by atoms with van der Waals surface area (Å²) in [4.78, 5) is 0.0576. The zero-order valence-electron chi connectivity index (χ0n) is 11.9. The van der Waals surface area contributed by atoms with Crippen LogP contribution in [0.25, 0.3) is 0 Å². The van der Waals surface area contributed by atoms with Gasteiger partial charge in [-0.1, -0.05) is 24.4 Å². The molecule has 21 heavy (non-hydrogen) atoms. The van der Waals surface area contributed by atoms with Crippen LogP contribution in [0, 0.1) is 5.82 Å². The number of thiocarbonyl (C=S) groups is 1. The van der Waals surface area contributed by atoms with E-state index in [4.69, 9.17) is 22.7 Å². The van der Waals surface area contributed by atoms with Gasteiger partial charge in [-0.05, 0) is 42.8 Å². The number of methoxy groups -OCH3 is 1. The molecule has 0 bridgehead atoms. The van der Waals surface area contributed by atoms with Crippen molar-refractivity contribution in [3.63, 3.8) is 0 Å². The number of hydrogen-bond donors (Lipinski definition) is 2. The van der Waals surface area contributed by atoms with Gasteiger partial charge in [0.1, 0.15) is 16.6 Å². The van der Waals surface area contributed by atoms with Gasteiger partial charge >= 0.3 is 0 Å². The molecule has 2 aromatic rings. The second-order valence-electron chi connectivity index (χ2n) is 4.70. The van der Waals surface area contributed by atoms with Crippen LogP contribution in [-0.2, 0) is 0 Å². The van der Waals surface area contributed by atoms with E-state index in [2.05, 4.69) is 5.32 Å². The molecule has 2 rings (SSSR count). The average Bonchev–Trinajstić information content (AvgIpc) is 2.47. The van der Waals surface area contributed by atoms with Crippen molar-refractivity contribution >= 4 is 22.9 Å². The average molecular weight is 304 g/mol. The van der Waals surface area contributed by atoms with Crippen LogP contribution in [0.15, 0.2) is 42.5 Å². The summed E-state index contributed by atoms with van der Waals surface area (Å²) in [5.41, 5.74) is 7.46. The fourth-order valence-electron chi connectivity index (χ4n) is 2.03. The van der Waals surface area contributed by atoms with E-state index in [1.807, 2.05) is 31.2 Å². The molecule has 0 heterocycles. The summed E-state index contributed by atoms with van der Waals surface area (Å²) in [5, 5.41) is 3.24. The van der Waals surface area contributed by atoms with E-state index in [9.17, 15) is 4.39 Å². The second kappa shape index (κ2) is 6.54. The minimum atomic E-state index is -0.422. The lowest BCUT2D eigenvalue weighted by Gasteiger charge is -2.16. The third kappa shape index (κ3) is 3.70. The van der Waals surface area contributed by atoms with Crippen molar-refractivity contribution in [1.29, 1.82) is 0 Å². The maximum Gasteiger partial charge on any atom is 0.135 e. The lowest BCUT2D eigenvalue weighted by molar-refractivity contribution is 0.414. The number of rotatable bonds is 5. The molecule has 0 radical (unpaired) electrons. The molecule has 3 nitrogen and oxygen atoms in total. The molecule has 0 spiro atoms. The van der Waals surface area contributed by atoms with E-state index in [1.165, 1.54) is 6.07 Å². The first-order chi connectivity index (χ1) is 10.0. The van der Waals surface area contributed by atoms with E-state index in [1.54, 1.807) is 19.2 Å². The highest BCUT2D eigenvalue weighted by atomic mass is 32.1. The number of nitrogens with one attached hydrogen (secondary N) is 1. The molecule has 0 fully saturated rings. The molecular formula is C16H17FN2OS. The van der Waals surface area contributed by atoms with Gasteiger partial charge in [0.25, 0.3) is 0 Å². The summed E-state index contributed by atoms with van der Waals surface area (Å²) in [5.74, 6) is 0.382. The van der Waals surface area contributed by atoms with Crippen LogP contribution < -0.4 is 15.8 Å². The van der Waals surface area contributed by atoms with Crippen molar-refractivity contribution in [3.8, 4) is 5.75 Å². The van der Waals surface area contributed by atoms with E-state index < -0.39 is 5.82 Å². The highest BCUT2D eigenvalue weighted by molar-refractivity contribution is 7.80. The van der Waals surface area contributed by atoms with E-state index in [0.29, 0.717) is 5.69 Å². The van der Waals surface area contributed by atoms with E-state index in [0.717, 1.165) is 11.3 Å². The Morgan fingerprint density at radius 3 is 2.43 bits per heavy atom. The molecule has 0 aliphatic heterocycles. The molecule has 2 aromatic carbocycles. The maximum absolute atomic E-state index is 13.8. The first kappa shape index (κ1) is 15.3. The Balaban J connectivity index is 2.13. The molecule has 0 aliphatic carbocycles. The zero-order valence-corrected chi connectivity index (χ0v) is 12.7. The van der Waals surface area contributed by atoms with E-state index >= 15 is 0 Å². The second-order valence-corrected chi connectivity index (χ2v) is 5.14. The highest BCUT2D eigenvalue weighted by Crippen LogP contribution is 2.23. The molecule has 1 atom stereocenters. The fraction of sp³-hybridized carbons (Fsp3) is 0.188. The van der Waals surface area contributed by atoms with Gasteiger partial charge in [0.15, 0.2) is 0 Å². The van der Waals surface area contributed by atoms with Gasteiger partial charge in [-0.25, -0.2) is 4.39 Å². The first-order valence-corrected chi connectivity index (χ1v) is 6.92. The zero-order chi connectivity index (χ0) is 15.4. The monoisotopic (exact) mass is 304 g/mol. The smallest absolute Gasteiger partial charge is 0.135 e. The summed E-state index contributed by atoms with van der Waals surface area (Å²) >= 11 is 4.79. The van der Waals surface area contributed by atoms with Crippen molar-refractivity contribution in [2.75, 3.05) is 12.4 Å². The van der Waals surface area contributed by atoms with Crippen LogP contribution >= 0.6 is 12.2 Å². The molecule has 1 unspecified atom stereocenters. The summed E-state index contributed by atoms with van der Waals surface area (Å²) < 4.78 is 19.0. The standard InChI is InChI=1S/C16H17FN2OS/c1-10(11-3-6-13(20-2)7-4-11)19-12-5-8-14(16(18)21)15(17)9-12/h3-10,19H,1-2H3,(H2,18,21). The highest BCUT2D eigenvalue weighted by Gasteiger charge is 2.09. The van der Waals surface area contributed by atoms with Gasteiger partial charge in [0, 0.05) is 17.3 Å². The van der Waals surface area contributed by atoms with Crippen LogP contribution in [0.3, 0.4) is 0 Å². The molecule has 0 saturated carbocycles. The van der Waals surface area contributed by atoms with Crippen molar-refractivity contribution in [2.45, 2.75) is 13.0 Å². The topological polar surface area (TPSA) is 47.3 Å². The number of halogens is 1. The summed E-state index contributed by atoms with van der Waals surface area (Å²) in [6, 6.07) is 12.5. The third-order valence-corrected chi connectivity index (χ3v) is 3.45. The summed E-state index contributed by atoms with van der Waals surface area (Å²) in [7, 11) is 1.63. The van der Waals surface area contributed by atoms with Gasteiger partial charge in [-0.15, -0.1) is 0 Å². The number of benzene rings is 2. The Bertz CT molecular complexity index is 643. The number of nitrogens with two attached hydrogens (primary N) is 1. The lowest BCUT2D eigenvalue weighted by atomic mass is 10.1. The van der Waals surface area contributed by atoms with E-state index in [-0.39, 0.29) is 16.6 Å². The molecule has 0 saturated heterocycles. The summed E-state index contributed by atoms with van der Waals surface area (Å²) in [6.07, 6.45) is 0. The molecular weight excluding hydrogens is 287 g/mol. The Morgan fingerprint density at radius 2 is 1.90 bits per heavy atom. The molecule has 5 heteroatoms. The molecule has 0 aliphatic rings. The predicted molar refractivity (Wildman–Crippen MR) is 87.3 cm³/mol. The van der Waals surface area contributed by atoms with Gasteiger partial charge in [0.05, 0.1) is 7.11 Å². The number of ether oxygens (including phenoxy) is 1. The Labute approximate surface area is 128 Å². The van der Waals surface area contributed by atoms with Gasteiger partial charge < -0.3 is 15.8 Å². The van der Waals surface area contributed by atoms with Crippen molar-refractivity contribution < 1.29 is 9.13 Å². The van der Waals surface area contributed by atoms with Gasteiger partial charge in [-0.2, -0.15) is 0 Å². The van der Waals surface area contributed by atoms with Crippen molar-refractivity contribution in [1.82, 2.24) is 0 Å². The number of hydrogen-bond acceptors (Lipinski definition) is 3. The minimum absolute atomic E-state index is 0.0333. The number of anilines is 1. The van der Waals surface area contributed by atoms with Crippen LogP contribution in [0.1, 0.15) is 24.1 Å². The predicted octanol–water partition coefficient (Wildman–Crippen LogP) is 3.64. The quantitative estimate of drug-likeness (QED) is 0.828. The van der Waals surface area contributed by atoms with Gasteiger partial charge in [-0.3, -0.25) is 0 Å². The SMILES string of the molecule is COc1ccc(C(C)Nc2ccc(C(N)=S)c(F)c2)cc1. The Morgan fingerprint density at radius 1 is 1.24 bits per heavy atom. The normalized spacial score (nSPS) is 11.8. The molecule has 0 amide bonds. The van der Waals surface area contributed by atoms with Crippen LogP contribution in [0.4, 0.5) is 10.1 Å². The maximum atomic E-state index is 13.8. The fourth-order valence-corrected chi connectivity index (χ4v) is 2.20. The van der Waals surface area contributed by atoms with Crippen LogP contribution in [0.2, 0.25) is 0 Å². The van der Waals surface area contributed by atoms with Crippen molar-refractivity contribution in [2.24, 2.45) is 5.73 Å².